The molecule has 19 heavy (non-hydrogen) atoms. The van der Waals surface area contributed by atoms with Crippen LogP contribution in [0, 0.1) is 10.8 Å². The van der Waals surface area contributed by atoms with Gasteiger partial charge in [-0.1, -0.05) is 27.2 Å². The molecule has 112 valence electrons. The van der Waals surface area contributed by atoms with Crippen LogP contribution in [0.4, 0.5) is 0 Å². The molecule has 0 saturated carbocycles. The summed E-state index contributed by atoms with van der Waals surface area (Å²) in [5, 5.41) is 0. The Morgan fingerprint density at radius 1 is 1.05 bits per heavy atom. The predicted molar refractivity (Wildman–Crippen MR) is 79.1 cm³/mol. The van der Waals surface area contributed by atoms with Crippen LogP contribution < -0.4 is 0 Å². The molecule has 0 unspecified atom stereocenters. The van der Waals surface area contributed by atoms with Crippen LogP contribution in [0.2, 0.25) is 0 Å². The van der Waals surface area contributed by atoms with Crippen LogP contribution in [0.25, 0.3) is 0 Å². The van der Waals surface area contributed by atoms with E-state index >= 15 is 0 Å². The molecule has 0 aliphatic carbocycles. The van der Waals surface area contributed by atoms with Crippen molar-refractivity contribution < 1.29 is 9.53 Å². The van der Waals surface area contributed by atoms with E-state index in [1.165, 1.54) is 32.4 Å². The van der Waals surface area contributed by atoms with Gasteiger partial charge >= 0.3 is 5.97 Å². The minimum absolute atomic E-state index is 0.0403. The van der Waals surface area contributed by atoms with Crippen LogP contribution >= 0.6 is 0 Å². The van der Waals surface area contributed by atoms with Crippen LogP contribution in [0.15, 0.2) is 0 Å². The van der Waals surface area contributed by atoms with Crippen LogP contribution in [0.3, 0.4) is 0 Å². The first-order valence-electron chi connectivity index (χ1n) is 7.60. The van der Waals surface area contributed by atoms with Crippen molar-refractivity contribution in [1.82, 2.24) is 4.90 Å². The van der Waals surface area contributed by atoms with Crippen molar-refractivity contribution in [3.8, 4) is 0 Å². The van der Waals surface area contributed by atoms with Gasteiger partial charge in [0.25, 0.3) is 0 Å². The lowest BCUT2D eigenvalue weighted by Crippen LogP contribution is -2.36. The lowest BCUT2D eigenvalue weighted by Gasteiger charge is -2.31. The SMILES string of the molecule is CC(C)(C)COC(=O)C(C)(C)CCN1CCCCC1. The Morgan fingerprint density at radius 3 is 2.16 bits per heavy atom. The number of esters is 1. The molecule has 0 amide bonds. The van der Waals surface area contributed by atoms with Crippen molar-refractivity contribution in [2.24, 2.45) is 10.8 Å². The summed E-state index contributed by atoms with van der Waals surface area (Å²) in [5.41, 5.74) is -0.332. The van der Waals surface area contributed by atoms with E-state index in [0.717, 1.165) is 13.0 Å². The number of rotatable bonds is 5. The Hall–Kier alpha value is -0.570. The topological polar surface area (TPSA) is 29.5 Å². The van der Waals surface area contributed by atoms with E-state index in [1.54, 1.807) is 0 Å². The number of carbonyl (C=O) groups excluding carboxylic acids is 1. The first-order chi connectivity index (χ1) is 8.71. The number of ether oxygens (including phenoxy) is 1. The molecule has 1 rings (SSSR count). The molecule has 1 fully saturated rings. The molecule has 3 nitrogen and oxygen atoms in total. The highest BCUT2D eigenvalue weighted by atomic mass is 16.5. The summed E-state index contributed by atoms with van der Waals surface area (Å²) in [4.78, 5) is 14.6. The highest BCUT2D eigenvalue weighted by Crippen LogP contribution is 2.25. The molecule has 0 aromatic carbocycles. The summed E-state index contributed by atoms with van der Waals surface area (Å²) >= 11 is 0. The molecular formula is C16H31NO2. The maximum atomic E-state index is 12.1. The van der Waals surface area contributed by atoms with Gasteiger partial charge in [-0.3, -0.25) is 4.79 Å². The van der Waals surface area contributed by atoms with E-state index in [0.29, 0.717) is 6.61 Å². The van der Waals surface area contributed by atoms with E-state index in [2.05, 4.69) is 25.7 Å². The summed E-state index contributed by atoms with van der Waals surface area (Å²) in [6.07, 6.45) is 4.84. The summed E-state index contributed by atoms with van der Waals surface area (Å²) < 4.78 is 5.45. The zero-order chi connectivity index (χ0) is 14.5. The second-order valence-corrected chi connectivity index (χ2v) is 7.67. The Bertz CT molecular complexity index is 286. The van der Waals surface area contributed by atoms with Gasteiger partial charge in [0.15, 0.2) is 0 Å². The molecule has 3 heteroatoms. The van der Waals surface area contributed by atoms with E-state index in [1.807, 2.05) is 13.8 Å². The maximum Gasteiger partial charge on any atom is 0.311 e. The Labute approximate surface area is 118 Å². The average Bonchev–Trinajstić information content (AvgIpc) is 2.34. The fourth-order valence-corrected chi connectivity index (χ4v) is 2.20. The van der Waals surface area contributed by atoms with E-state index < -0.39 is 0 Å². The predicted octanol–water partition coefficient (Wildman–Crippen LogP) is 3.48. The van der Waals surface area contributed by atoms with E-state index in [4.69, 9.17) is 4.74 Å². The van der Waals surface area contributed by atoms with Gasteiger partial charge in [-0.2, -0.15) is 0 Å². The molecule has 0 N–H and O–H groups in total. The zero-order valence-corrected chi connectivity index (χ0v) is 13.4. The molecular weight excluding hydrogens is 238 g/mol. The summed E-state index contributed by atoms with van der Waals surface area (Å²) in [5.74, 6) is -0.0561. The first-order valence-corrected chi connectivity index (χ1v) is 7.60. The minimum atomic E-state index is -0.372. The normalized spacial score (nSPS) is 18.4. The van der Waals surface area contributed by atoms with Crippen molar-refractivity contribution in [3.63, 3.8) is 0 Å². The molecule has 1 aliphatic heterocycles. The average molecular weight is 269 g/mol. The Balaban J connectivity index is 2.34. The third-order valence-corrected chi connectivity index (χ3v) is 3.69. The van der Waals surface area contributed by atoms with Crippen molar-refractivity contribution in [2.75, 3.05) is 26.2 Å². The lowest BCUT2D eigenvalue weighted by molar-refractivity contribution is -0.157. The fourth-order valence-electron chi connectivity index (χ4n) is 2.20. The molecule has 1 heterocycles. The highest BCUT2D eigenvalue weighted by Gasteiger charge is 2.31. The van der Waals surface area contributed by atoms with Gasteiger partial charge in [0.05, 0.1) is 12.0 Å². The number of hydrogen-bond acceptors (Lipinski definition) is 3. The van der Waals surface area contributed by atoms with Gasteiger partial charge in [0.2, 0.25) is 0 Å². The number of hydrogen-bond donors (Lipinski definition) is 0. The first kappa shape index (κ1) is 16.5. The Morgan fingerprint density at radius 2 is 1.63 bits per heavy atom. The molecule has 0 aromatic rings. The smallest absolute Gasteiger partial charge is 0.311 e. The fraction of sp³-hybridized carbons (Fsp3) is 0.938. The van der Waals surface area contributed by atoms with Gasteiger partial charge < -0.3 is 9.64 Å². The third-order valence-electron chi connectivity index (χ3n) is 3.69. The third kappa shape index (κ3) is 6.42. The minimum Gasteiger partial charge on any atom is -0.465 e. The second kappa shape index (κ2) is 6.74. The number of nitrogens with zero attached hydrogens (tertiary/aromatic N) is 1. The molecule has 0 spiro atoms. The van der Waals surface area contributed by atoms with Crippen LogP contribution in [0.1, 0.15) is 60.3 Å². The number of piperidine rings is 1. The quantitative estimate of drug-likeness (QED) is 0.716. The maximum absolute atomic E-state index is 12.1. The molecule has 0 radical (unpaired) electrons. The van der Waals surface area contributed by atoms with Gasteiger partial charge in [-0.15, -0.1) is 0 Å². The van der Waals surface area contributed by atoms with E-state index in [-0.39, 0.29) is 16.8 Å². The Kier molecular flexibility index (Phi) is 5.84. The summed E-state index contributed by atoms with van der Waals surface area (Å²) in [6.45, 7) is 14.1. The largest absolute Gasteiger partial charge is 0.465 e. The van der Waals surface area contributed by atoms with Gasteiger partial charge in [-0.25, -0.2) is 0 Å². The van der Waals surface area contributed by atoms with Crippen LogP contribution in [-0.4, -0.2) is 37.1 Å². The zero-order valence-electron chi connectivity index (χ0n) is 13.4. The summed E-state index contributed by atoms with van der Waals surface area (Å²) in [6, 6.07) is 0. The van der Waals surface area contributed by atoms with Crippen LogP contribution in [0.5, 0.6) is 0 Å². The molecule has 0 aromatic heterocycles. The van der Waals surface area contributed by atoms with Gasteiger partial charge in [0.1, 0.15) is 0 Å². The monoisotopic (exact) mass is 269 g/mol. The number of carbonyl (C=O) groups is 1. The van der Waals surface area contributed by atoms with Gasteiger partial charge in [-0.05, 0) is 58.2 Å². The van der Waals surface area contributed by atoms with Crippen molar-refractivity contribution in [3.05, 3.63) is 0 Å². The number of likely N-dealkylation sites (tertiary alicyclic amines) is 1. The van der Waals surface area contributed by atoms with Crippen molar-refractivity contribution in [1.29, 1.82) is 0 Å². The molecule has 1 aliphatic rings. The standard InChI is InChI=1S/C16H31NO2/c1-15(2,3)13-19-14(18)16(4,5)9-12-17-10-7-6-8-11-17/h6-13H2,1-5H3. The lowest BCUT2D eigenvalue weighted by atomic mass is 9.88. The van der Waals surface area contributed by atoms with Crippen LogP contribution in [-0.2, 0) is 9.53 Å². The molecule has 0 bridgehead atoms. The molecule has 0 atom stereocenters. The summed E-state index contributed by atoms with van der Waals surface area (Å²) in [7, 11) is 0. The second-order valence-electron chi connectivity index (χ2n) is 7.67. The van der Waals surface area contributed by atoms with Crippen molar-refractivity contribution in [2.45, 2.75) is 60.3 Å². The van der Waals surface area contributed by atoms with E-state index in [9.17, 15) is 4.79 Å². The van der Waals surface area contributed by atoms with Crippen molar-refractivity contribution >= 4 is 5.97 Å². The molecule has 1 saturated heterocycles. The highest BCUT2D eigenvalue weighted by molar-refractivity contribution is 5.75. The van der Waals surface area contributed by atoms with Gasteiger partial charge in [0, 0.05) is 0 Å².